The quantitative estimate of drug-likeness (QED) is 0.316. The summed E-state index contributed by atoms with van der Waals surface area (Å²) in [6.07, 6.45) is 0.713. The Morgan fingerprint density at radius 3 is 2.16 bits per heavy atom. The van der Waals surface area contributed by atoms with Gasteiger partial charge in [-0.1, -0.05) is 36.4 Å². The van der Waals surface area contributed by atoms with Gasteiger partial charge in [0.1, 0.15) is 6.10 Å². The normalized spacial score (nSPS) is 20.8. The summed E-state index contributed by atoms with van der Waals surface area (Å²) in [4.78, 5) is 39.3. The minimum absolute atomic E-state index is 0.0718. The average Bonchev–Trinajstić information content (AvgIpc) is 3.66. The molecule has 2 unspecified atom stereocenters. The van der Waals surface area contributed by atoms with Crippen molar-refractivity contribution in [1.29, 1.82) is 0 Å². The number of nitrogens with zero attached hydrogens (tertiary/aromatic N) is 2. The van der Waals surface area contributed by atoms with Gasteiger partial charge in [-0.15, -0.1) is 0 Å². The zero-order chi connectivity index (χ0) is 25.5. The Morgan fingerprint density at radius 1 is 0.868 bits per heavy atom. The standard InChI is InChI=1S/C29H25N5O4/c35-27-23-21-17-5-1-3-7-19(17)33-12-10-16(38-29(37)31-15-9-11-30-13-15)14-34-20-8-4-2-6-18(20)22(26(34)25(21)33)24(23)28(36)32-27/h1-8,15-16,30H,9-14H2,(H,31,37)(H,32,35,36). The molecule has 190 valence electrons. The van der Waals surface area contributed by atoms with Gasteiger partial charge >= 0.3 is 6.09 Å². The Labute approximate surface area is 216 Å². The lowest BCUT2D eigenvalue weighted by atomic mass is 9.96. The molecule has 0 bridgehead atoms. The van der Waals surface area contributed by atoms with Crippen molar-refractivity contribution in [3.63, 3.8) is 0 Å². The first kappa shape index (κ1) is 21.7. The summed E-state index contributed by atoms with van der Waals surface area (Å²) in [6, 6.07) is 16.0. The summed E-state index contributed by atoms with van der Waals surface area (Å²) in [5.74, 6) is -0.723. The van der Waals surface area contributed by atoms with Gasteiger partial charge in [0.25, 0.3) is 11.8 Å². The largest absolute Gasteiger partial charge is 0.444 e. The molecule has 1 fully saturated rings. The van der Waals surface area contributed by atoms with Gasteiger partial charge in [-0.2, -0.15) is 0 Å². The van der Waals surface area contributed by atoms with Gasteiger partial charge in [0.2, 0.25) is 0 Å². The number of fused-ring (bicyclic) bond motifs is 9. The van der Waals surface area contributed by atoms with Crippen LogP contribution in [0, 0.1) is 0 Å². The second-order valence-electron chi connectivity index (χ2n) is 10.4. The van der Waals surface area contributed by atoms with Gasteiger partial charge in [-0.3, -0.25) is 14.9 Å². The van der Waals surface area contributed by atoms with Crippen LogP contribution in [0.5, 0.6) is 0 Å². The number of para-hydroxylation sites is 2. The topological polar surface area (TPSA) is 106 Å². The third-order valence-corrected chi connectivity index (χ3v) is 8.31. The van der Waals surface area contributed by atoms with Crippen molar-refractivity contribution < 1.29 is 19.1 Å². The molecular weight excluding hydrogens is 482 g/mol. The molecule has 2 aromatic heterocycles. The summed E-state index contributed by atoms with van der Waals surface area (Å²) in [5, 5.41) is 12.2. The second kappa shape index (κ2) is 7.82. The molecule has 5 heterocycles. The van der Waals surface area contributed by atoms with Crippen LogP contribution in [0.2, 0.25) is 0 Å². The van der Waals surface area contributed by atoms with E-state index in [2.05, 4.69) is 25.1 Å². The van der Waals surface area contributed by atoms with E-state index in [-0.39, 0.29) is 24.0 Å². The van der Waals surface area contributed by atoms with Crippen LogP contribution < -0.4 is 16.0 Å². The number of amides is 3. The number of carbonyl (C=O) groups is 3. The van der Waals surface area contributed by atoms with Crippen molar-refractivity contribution in [2.24, 2.45) is 0 Å². The molecule has 3 aliphatic heterocycles. The first-order valence-electron chi connectivity index (χ1n) is 13.1. The smallest absolute Gasteiger partial charge is 0.407 e. The number of aryl methyl sites for hydroxylation is 1. The van der Waals surface area contributed by atoms with Crippen molar-refractivity contribution in [2.75, 3.05) is 13.1 Å². The van der Waals surface area contributed by atoms with Crippen LogP contribution >= 0.6 is 0 Å². The maximum absolute atomic E-state index is 13.2. The zero-order valence-electron chi connectivity index (χ0n) is 20.5. The number of rotatable bonds is 2. The molecule has 9 heteroatoms. The molecule has 0 saturated carbocycles. The van der Waals surface area contributed by atoms with Crippen molar-refractivity contribution >= 4 is 61.5 Å². The molecule has 2 atom stereocenters. The summed E-state index contributed by atoms with van der Waals surface area (Å²) >= 11 is 0. The van der Waals surface area contributed by atoms with Crippen LogP contribution in [0.3, 0.4) is 0 Å². The predicted molar refractivity (Wildman–Crippen MR) is 144 cm³/mol. The van der Waals surface area contributed by atoms with Crippen molar-refractivity contribution in [1.82, 2.24) is 25.1 Å². The first-order valence-corrected chi connectivity index (χ1v) is 13.1. The SMILES string of the molecule is O=C(NC1CCNC1)OC1CCn2c3ccccc3c3c4c(c5c6ccccc6n(c5c32)C1)C(=O)NC4=O. The number of hydrogen-bond donors (Lipinski definition) is 3. The molecule has 0 aliphatic carbocycles. The molecule has 3 aliphatic rings. The van der Waals surface area contributed by atoms with Crippen LogP contribution in [0.15, 0.2) is 48.5 Å². The third kappa shape index (κ3) is 2.87. The van der Waals surface area contributed by atoms with E-state index < -0.39 is 6.09 Å². The number of imide groups is 1. The number of nitrogens with one attached hydrogen (secondary N) is 3. The molecule has 0 spiro atoms. The Hall–Kier alpha value is -4.37. The van der Waals surface area contributed by atoms with Crippen LogP contribution in [0.4, 0.5) is 4.79 Å². The fraction of sp³-hybridized carbons (Fsp3) is 0.276. The van der Waals surface area contributed by atoms with Crippen molar-refractivity contribution in [2.45, 2.75) is 38.1 Å². The van der Waals surface area contributed by atoms with Gasteiger partial charge in [-0.05, 0) is 25.1 Å². The first-order chi connectivity index (χ1) is 18.6. The molecule has 9 nitrogen and oxygen atoms in total. The van der Waals surface area contributed by atoms with Crippen molar-refractivity contribution in [3.05, 3.63) is 59.7 Å². The van der Waals surface area contributed by atoms with Gasteiger partial charge in [-0.25, -0.2) is 4.79 Å². The summed E-state index contributed by atoms with van der Waals surface area (Å²) < 4.78 is 10.4. The molecule has 38 heavy (non-hydrogen) atoms. The zero-order valence-corrected chi connectivity index (χ0v) is 20.5. The van der Waals surface area contributed by atoms with Gasteiger partial charge in [0.05, 0.1) is 28.7 Å². The fourth-order valence-electron chi connectivity index (χ4n) is 6.75. The Bertz CT molecular complexity index is 1860. The predicted octanol–water partition coefficient (Wildman–Crippen LogP) is 3.65. The average molecular weight is 508 g/mol. The number of ether oxygens (including phenoxy) is 1. The van der Waals surface area contributed by atoms with Crippen LogP contribution in [0.1, 0.15) is 33.6 Å². The minimum atomic E-state index is -0.404. The van der Waals surface area contributed by atoms with E-state index in [1.165, 1.54) is 0 Å². The number of hydrogen-bond acceptors (Lipinski definition) is 5. The summed E-state index contributed by atoms with van der Waals surface area (Å²) in [5.41, 5.74) is 4.66. The Morgan fingerprint density at radius 2 is 1.50 bits per heavy atom. The van der Waals surface area contributed by atoms with E-state index in [1.54, 1.807) is 0 Å². The highest BCUT2D eigenvalue weighted by Gasteiger charge is 2.37. The van der Waals surface area contributed by atoms with Gasteiger partial charge in [0.15, 0.2) is 0 Å². The van der Waals surface area contributed by atoms with E-state index in [4.69, 9.17) is 4.74 Å². The molecular formula is C29H25N5O4. The third-order valence-electron chi connectivity index (χ3n) is 8.31. The maximum atomic E-state index is 13.2. The monoisotopic (exact) mass is 507 g/mol. The highest BCUT2D eigenvalue weighted by atomic mass is 16.6. The molecule has 3 N–H and O–H groups in total. The van der Waals surface area contributed by atoms with E-state index in [1.807, 2.05) is 48.5 Å². The van der Waals surface area contributed by atoms with Crippen LogP contribution in [-0.2, 0) is 17.8 Å². The van der Waals surface area contributed by atoms with E-state index in [0.29, 0.717) is 30.6 Å². The fourth-order valence-corrected chi connectivity index (χ4v) is 6.75. The number of aromatic nitrogens is 2. The Balaban J connectivity index is 1.41. The van der Waals surface area contributed by atoms with Gasteiger partial charge < -0.3 is 24.5 Å². The van der Waals surface area contributed by atoms with Crippen molar-refractivity contribution in [3.8, 4) is 0 Å². The van der Waals surface area contributed by atoms with Crippen LogP contribution in [-0.4, -0.2) is 52.3 Å². The highest BCUT2D eigenvalue weighted by Crippen LogP contribution is 2.45. The van der Waals surface area contributed by atoms with Crippen LogP contribution in [0.25, 0.3) is 43.6 Å². The molecule has 3 aromatic carbocycles. The number of alkyl carbamates (subject to hydrolysis) is 1. The van der Waals surface area contributed by atoms with E-state index in [0.717, 1.165) is 63.1 Å². The molecule has 8 rings (SSSR count). The maximum Gasteiger partial charge on any atom is 0.407 e. The molecule has 5 aromatic rings. The second-order valence-corrected chi connectivity index (χ2v) is 10.4. The van der Waals surface area contributed by atoms with E-state index >= 15 is 0 Å². The minimum Gasteiger partial charge on any atom is -0.444 e. The number of carbonyl (C=O) groups excluding carboxylic acids is 3. The number of benzene rings is 3. The Kier molecular flexibility index (Phi) is 4.46. The molecule has 1 saturated heterocycles. The lowest BCUT2D eigenvalue weighted by Gasteiger charge is -2.24. The summed E-state index contributed by atoms with van der Waals surface area (Å²) in [7, 11) is 0. The summed E-state index contributed by atoms with van der Waals surface area (Å²) in [6.45, 7) is 2.69. The van der Waals surface area contributed by atoms with E-state index in [9.17, 15) is 14.4 Å². The lowest BCUT2D eigenvalue weighted by Crippen LogP contribution is -2.39. The van der Waals surface area contributed by atoms with Gasteiger partial charge in [0, 0.05) is 58.1 Å². The molecule has 3 amide bonds. The lowest BCUT2D eigenvalue weighted by molar-refractivity contribution is 0.0786. The molecule has 0 radical (unpaired) electrons. The highest BCUT2D eigenvalue weighted by molar-refractivity contribution is 6.39.